The van der Waals surface area contributed by atoms with Gasteiger partial charge >= 0.3 is 5.97 Å². The van der Waals surface area contributed by atoms with Gasteiger partial charge in [-0.3, -0.25) is 9.59 Å². The van der Waals surface area contributed by atoms with Gasteiger partial charge in [-0.25, -0.2) is 0 Å². The van der Waals surface area contributed by atoms with Crippen molar-refractivity contribution in [3.05, 3.63) is 0 Å². The van der Waals surface area contributed by atoms with E-state index in [2.05, 4.69) is 0 Å². The van der Waals surface area contributed by atoms with Gasteiger partial charge in [0.05, 0.1) is 5.88 Å². The maximum atomic E-state index is 10.9. The first-order valence-corrected chi connectivity index (χ1v) is 5.22. The monoisotopic (exact) mass is 210 g/mol. The van der Waals surface area contributed by atoms with Crippen LogP contribution in [-0.4, -0.2) is 29.3 Å². The summed E-state index contributed by atoms with van der Waals surface area (Å²) in [6, 6.07) is 0. The number of halogens is 1. The van der Waals surface area contributed by atoms with E-state index in [1.807, 2.05) is 6.26 Å². The van der Waals surface area contributed by atoms with Crippen LogP contribution in [0.4, 0.5) is 0 Å². The van der Waals surface area contributed by atoms with Crippen LogP contribution in [0.3, 0.4) is 0 Å². The predicted octanol–water partition coefficient (Wildman–Crippen LogP) is 1.44. The SMILES string of the molecule is CSC(C)OC(=O)CC(=O)CCl. The molecule has 0 heterocycles. The minimum atomic E-state index is -0.512. The summed E-state index contributed by atoms with van der Waals surface area (Å²) < 4.78 is 4.82. The summed E-state index contributed by atoms with van der Waals surface area (Å²) in [7, 11) is 0. The highest BCUT2D eigenvalue weighted by molar-refractivity contribution is 7.99. The fraction of sp³-hybridized carbons (Fsp3) is 0.714. The van der Waals surface area contributed by atoms with Crippen LogP contribution in [0.15, 0.2) is 0 Å². The van der Waals surface area contributed by atoms with Gasteiger partial charge in [0, 0.05) is 0 Å². The Balaban J connectivity index is 3.66. The molecule has 1 atom stereocenters. The quantitative estimate of drug-likeness (QED) is 0.298. The topological polar surface area (TPSA) is 43.4 Å². The van der Waals surface area contributed by atoms with Crippen molar-refractivity contribution < 1.29 is 14.3 Å². The first kappa shape index (κ1) is 11.8. The minimum Gasteiger partial charge on any atom is -0.451 e. The second kappa shape index (κ2) is 6.31. The van der Waals surface area contributed by atoms with E-state index in [9.17, 15) is 9.59 Å². The van der Waals surface area contributed by atoms with Gasteiger partial charge in [0.2, 0.25) is 0 Å². The Morgan fingerprint density at radius 3 is 2.58 bits per heavy atom. The molecular formula is C7H11ClO3S. The largest absolute Gasteiger partial charge is 0.451 e. The lowest BCUT2D eigenvalue weighted by molar-refractivity contribution is -0.146. The molecule has 12 heavy (non-hydrogen) atoms. The third-order valence-electron chi connectivity index (χ3n) is 1.12. The molecule has 0 N–H and O–H groups in total. The molecule has 0 aliphatic heterocycles. The van der Waals surface area contributed by atoms with Gasteiger partial charge in [-0.15, -0.1) is 23.4 Å². The minimum absolute atomic E-state index is 0.136. The molecule has 0 fully saturated rings. The summed E-state index contributed by atoms with van der Waals surface area (Å²) in [5.41, 5.74) is -0.208. The number of esters is 1. The molecule has 0 aliphatic rings. The van der Waals surface area contributed by atoms with Gasteiger partial charge in [0.1, 0.15) is 11.9 Å². The second-order valence-electron chi connectivity index (χ2n) is 2.14. The number of hydrogen-bond donors (Lipinski definition) is 0. The van der Waals surface area contributed by atoms with Crippen LogP contribution in [0.1, 0.15) is 13.3 Å². The van der Waals surface area contributed by atoms with E-state index in [1.165, 1.54) is 11.8 Å². The van der Waals surface area contributed by atoms with Crippen molar-refractivity contribution in [3.8, 4) is 0 Å². The van der Waals surface area contributed by atoms with E-state index in [0.717, 1.165) is 0 Å². The fourth-order valence-corrected chi connectivity index (χ4v) is 0.781. The summed E-state index contributed by atoms with van der Waals surface area (Å²) in [4.78, 5) is 21.5. The Hall–Kier alpha value is -0.220. The maximum absolute atomic E-state index is 10.9. The highest BCUT2D eigenvalue weighted by atomic mass is 35.5. The van der Waals surface area contributed by atoms with Gasteiger partial charge in [-0.05, 0) is 13.2 Å². The Morgan fingerprint density at radius 1 is 1.58 bits per heavy atom. The van der Waals surface area contributed by atoms with Crippen LogP contribution in [0.5, 0.6) is 0 Å². The van der Waals surface area contributed by atoms with Crippen molar-refractivity contribution in [2.75, 3.05) is 12.1 Å². The van der Waals surface area contributed by atoms with Crippen LogP contribution < -0.4 is 0 Å². The molecule has 0 amide bonds. The van der Waals surface area contributed by atoms with Crippen LogP contribution in [0, 0.1) is 0 Å². The molecule has 0 spiro atoms. The molecule has 0 saturated carbocycles. The maximum Gasteiger partial charge on any atom is 0.314 e. The van der Waals surface area contributed by atoms with Crippen molar-refractivity contribution in [2.24, 2.45) is 0 Å². The molecular weight excluding hydrogens is 200 g/mol. The number of carbonyl (C=O) groups is 2. The van der Waals surface area contributed by atoms with Gasteiger partial charge in [-0.1, -0.05) is 0 Å². The van der Waals surface area contributed by atoms with Gasteiger partial charge < -0.3 is 4.74 Å². The zero-order chi connectivity index (χ0) is 9.56. The lowest BCUT2D eigenvalue weighted by Gasteiger charge is -2.08. The number of ether oxygens (including phenoxy) is 1. The van der Waals surface area contributed by atoms with Crippen molar-refractivity contribution in [1.29, 1.82) is 0 Å². The lowest BCUT2D eigenvalue weighted by atomic mass is 10.3. The van der Waals surface area contributed by atoms with Crippen molar-refractivity contribution in [1.82, 2.24) is 0 Å². The average Bonchev–Trinajstić information content (AvgIpc) is 2.03. The molecule has 0 saturated heterocycles. The van der Waals surface area contributed by atoms with E-state index in [0.29, 0.717) is 0 Å². The predicted molar refractivity (Wildman–Crippen MR) is 49.4 cm³/mol. The van der Waals surface area contributed by atoms with E-state index < -0.39 is 5.97 Å². The number of Topliss-reactive ketones (excluding diaryl/α,β-unsaturated/α-hetero) is 1. The summed E-state index contributed by atoms with van der Waals surface area (Å²) in [5.74, 6) is -0.958. The van der Waals surface area contributed by atoms with Crippen LogP contribution in [0.25, 0.3) is 0 Å². The second-order valence-corrected chi connectivity index (χ2v) is 3.54. The highest BCUT2D eigenvalue weighted by Gasteiger charge is 2.12. The highest BCUT2D eigenvalue weighted by Crippen LogP contribution is 2.07. The Labute approximate surface area is 80.8 Å². The molecule has 5 heteroatoms. The van der Waals surface area contributed by atoms with Gasteiger partial charge in [-0.2, -0.15) is 0 Å². The van der Waals surface area contributed by atoms with E-state index >= 15 is 0 Å². The van der Waals surface area contributed by atoms with Gasteiger partial charge in [0.25, 0.3) is 0 Å². The Kier molecular flexibility index (Phi) is 6.20. The zero-order valence-corrected chi connectivity index (χ0v) is 8.57. The Morgan fingerprint density at radius 2 is 2.17 bits per heavy atom. The van der Waals surface area contributed by atoms with Crippen LogP contribution in [-0.2, 0) is 14.3 Å². The smallest absolute Gasteiger partial charge is 0.314 e. The third-order valence-corrected chi connectivity index (χ3v) is 2.18. The molecule has 0 aliphatic carbocycles. The van der Waals surface area contributed by atoms with Gasteiger partial charge in [0.15, 0.2) is 5.78 Å². The lowest BCUT2D eigenvalue weighted by Crippen LogP contribution is -2.15. The van der Waals surface area contributed by atoms with Crippen molar-refractivity contribution in [2.45, 2.75) is 18.8 Å². The van der Waals surface area contributed by atoms with E-state index in [4.69, 9.17) is 16.3 Å². The number of ketones is 1. The van der Waals surface area contributed by atoms with E-state index in [-0.39, 0.29) is 23.5 Å². The molecule has 0 radical (unpaired) electrons. The first-order valence-electron chi connectivity index (χ1n) is 3.40. The zero-order valence-electron chi connectivity index (χ0n) is 7.00. The number of thioether (sulfide) groups is 1. The number of alkyl halides is 1. The summed E-state index contributed by atoms with van der Waals surface area (Å²) in [6.45, 7) is 1.74. The number of rotatable bonds is 5. The summed E-state index contributed by atoms with van der Waals surface area (Å²) in [5, 5.41) is 0. The molecule has 0 aromatic rings. The third kappa shape index (κ3) is 5.43. The standard InChI is InChI=1S/C7H11ClO3S/c1-5(12-2)11-7(10)3-6(9)4-8/h5H,3-4H2,1-2H3. The molecule has 1 unspecified atom stereocenters. The molecule has 0 rings (SSSR count). The molecule has 3 nitrogen and oxygen atoms in total. The summed E-state index contributed by atoms with van der Waals surface area (Å²) >= 11 is 6.60. The normalized spacial score (nSPS) is 12.2. The summed E-state index contributed by atoms with van der Waals surface area (Å²) in [6.07, 6.45) is 1.59. The van der Waals surface area contributed by atoms with Crippen molar-refractivity contribution in [3.63, 3.8) is 0 Å². The number of hydrogen-bond acceptors (Lipinski definition) is 4. The molecule has 0 aromatic carbocycles. The van der Waals surface area contributed by atoms with Crippen LogP contribution in [0.2, 0.25) is 0 Å². The molecule has 0 bridgehead atoms. The average molecular weight is 211 g/mol. The van der Waals surface area contributed by atoms with Crippen LogP contribution >= 0.6 is 23.4 Å². The molecule has 0 aromatic heterocycles. The number of carbonyl (C=O) groups excluding carboxylic acids is 2. The fourth-order valence-electron chi connectivity index (χ4n) is 0.483. The first-order chi connectivity index (χ1) is 5.60. The molecule has 70 valence electrons. The Bertz CT molecular complexity index is 172. The van der Waals surface area contributed by atoms with E-state index in [1.54, 1.807) is 6.92 Å². The van der Waals surface area contributed by atoms with Crippen molar-refractivity contribution >= 4 is 35.1 Å².